The summed E-state index contributed by atoms with van der Waals surface area (Å²) in [5.41, 5.74) is 5.67. The lowest BCUT2D eigenvalue weighted by atomic mass is 9.96. The van der Waals surface area contributed by atoms with Crippen LogP contribution in [0, 0.1) is 12.7 Å². The molecule has 0 aliphatic heterocycles. The summed E-state index contributed by atoms with van der Waals surface area (Å²) in [5.74, 6) is 5.36. The fourth-order valence-corrected chi connectivity index (χ4v) is 2.76. The first-order chi connectivity index (χ1) is 9.52. The van der Waals surface area contributed by atoms with Gasteiger partial charge in [-0.3, -0.25) is 11.3 Å². The van der Waals surface area contributed by atoms with Gasteiger partial charge in [0.15, 0.2) is 0 Å². The van der Waals surface area contributed by atoms with Crippen LogP contribution in [-0.2, 0) is 6.42 Å². The fourth-order valence-electron chi connectivity index (χ4n) is 2.18. The second-order valence-electron chi connectivity index (χ2n) is 4.61. The van der Waals surface area contributed by atoms with Gasteiger partial charge < -0.3 is 0 Å². The molecule has 2 rings (SSSR count). The Labute approximate surface area is 131 Å². The summed E-state index contributed by atoms with van der Waals surface area (Å²) in [4.78, 5) is 0. The van der Waals surface area contributed by atoms with Gasteiger partial charge in [0.05, 0.1) is 6.04 Å². The Morgan fingerprint density at radius 3 is 2.80 bits per heavy atom. The number of hydrogen-bond donors (Lipinski definition) is 2. The molecule has 0 fully saturated rings. The van der Waals surface area contributed by atoms with Crippen LogP contribution in [0.15, 0.2) is 40.9 Å². The van der Waals surface area contributed by atoms with E-state index in [4.69, 9.17) is 17.4 Å². The summed E-state index contributed by atoms with van der Waals surface area (Å²) in [5, 5.41) is 0.541. The van der Waals surface area contributed by atoms with Crippen LogP contribution in [0.25, 0.3) is 0 Å². The predicted octanol–water partition coefficient (Wildman–Crippen LogP) is 4.30. The smallest absolute Gasteiger partial charge is 0.123 e. The van der Waals surface area contributed by atoms with E-state index in [1.165, 1.54) is 12.1 Å². The van der Waals surface area contributed by atoms with Gasteiger partial charge in [0.25, 0.3) is 0 Å². The van der Waals surface area contributed by atoms with Crippen molar-refractivity contribution >= 4 is 27.5 Å². The zero-order valence-electron chi connectivity index (χ0n) is 11.0. The van der Waals surface area contributed by atoms with Crippen molar-refractivity contribution in [3.05, 3.63) is 68.4 Å². The summed E-state index contributed by atoms with van der Waals surface area (Å²) < 4.78 is 14.3. The first-order valence-electron chi connectivity index (χ1n) is 6.18. The van der Waals surface area contributed by atoms with Gasteiger partial charge >= 0.3 is 0 Å². The Morgan fingerprint density at radius 2 is 2.10 bits per heavy atom. The van der Waals surface area contributed by atoms with Crippen molar-refractivity contribution < 1.29 is 4.39 Å². The third kappa shape index (κ3) is 3.38. The van der Waals surface area contributed by atoms with Gasteiger partial charge in [-0.25, -0.2) is 4.39 Å². The van der Waals surface area contributed by atoms with Gasteiger partial charge in [0, 0.05) is 9.50 Å². The van der Waals surface area contributed by atoms with Crippen LogP contribution in [0.2, 0.25) is 5.02 Å². The maximum Gasteiger partial charge on any atom is 0.123 e. The maximum absolute atomic E-state index is 13.3. The average Bonchev–Trinajstić information content (AvgIpc) is 2.43. The Morgan fingerprint density at radius 1 is 1.35 bits per heavy atom. The third-order valence-corrected chi connectivity index (χ3v) is 4.55. The van der Waals surface area contributed by atoms with Crippen molar-refractivity contribution in [3.8, 4) is 0 Å². The summed E-state index contributed by atoms with van der Waals surface area (Å²) in [6, 6.07) is 10.1. The highest BCUT2D eigenvalue weighted by Crippen LogP contribution is 2.28. The van der Waals surface area contributed by atoms with E-state index in [1.807, 2.05) is 25.1 Å². The predicted molar refractivity (Wildman–Crippen MR) is 84.1 cm³/mol. The van der Waals surface area contributed by atoms with E-state index < -0.39 is 0 Å². The van der Waals surface area contributed by atoms with Crippen molar-refractivity contribution in [2.24, 2.45) is 5.84 Å². The molecule has 0 aromatic heterocycles. The molecule has 2 aromatic rings. The van der Waals surface area contributed by atoms with Gasteiger partial charge in [-0.1, -0.05) is 39.7 Å². The number of halogens is 3. The van der Waals surface area contributed by atoms with Crippen LogP contribution in [0.4, 0.5) is 4.39 Å². The molecule has 106 valence electrons. The topological polar surface area (TPSA) is 38.0 Å². The SMILES string of the molecule is Cc1c(Br)cccc1C(Cc1cc(F)ccc1Cl)NN. The summed E-state index contributed by atoms with van der Waals surface area (Å²) in [6.45, 7) is 2.01. The molecule has 0 heterocycles. The quantitative estimate of drug-likeness (QED) is 0.632. The number of hydrogen-bond acceptors (Lipinski definition) is 2. The zero-order valence-corrected chi connectivity index (χ0v) is 13.3. The van der Waals surface area contributed by atoms with Crippen molar-refractivity contribution in [3.63, 3.8) is 0 Å². The van der Waals surface area contributed by atoms with Gasteiger partial charge in [-0.15, -0.1) is 0 Å². The second-order valence-corrected chi connectivity index (χ2v) is 5.87. The molecule has 0 saturated carbocycles. The highest BCUT2D eigenvalue weighted by atomic mass is 79.9. The molecule has 2 nitrogen and oxygen atoms in total. The summed E-state index contributed by atoms with van der Waals surface area (Å²) in [7, 11) is 0. The Balaban J connectivity index is 2.34. The van der Waals surface area contributed by atoms with Gasteiger partial charge in [0.2, 0.25) is 0 Å². The number of nitrogens with one attached hydrogen (secondary N) is 1. The van der Waals surface area contributed by atoms with Crippen molar-refractivity contribution in [2.75, 3.05) is 0 Å². The van der Waals surface area contributed by atoms with E-state index in [1.54, 1.807) is 6.07 Å². The lowest BCUT2D eigenvalue weighted by Crippen LogP contribution is -2.30. The first-order valence-corrected chi connectivity index (χ1v) is 7.35. The van der Waals surface area contributed by atoms with E-state index in [0.29, 0.717) is 11.4 Å². The summed E-state index contributed by atoms with van der Waals surface area (Å²) >= 11 is 9.61. The molecule has 0 spiro atoms. The molecule has 5 heteroatoms. The largest absolute Gasteiger partial charge is 0.271 e. The number of benzene rings is 2. The monoisotopic (exact) mass is 356 g/mol. The van der Waals surface area contributed by atoms with E-state index in [-0.39, 0.29) is 11.9 Å². The molecule has 3 N–H and O–H groups in total. The Hall–Kier alpha value is -0.940. The molecule has 1 unspecified atom stereocenters. The van der Waals surface area contributed by atoms with Crippen LogP contribution >= 0.6 is 27.5 Å². The molecule has 0 bridgehead atoms. The van der Waals surface area contributed by atoms with Crippen LogP contribution in [0.1, 0.15) is 22.7 Å². The molecule has 0 aliphatic rings. The minimum absolute atomic E-state index is 0.133. The number of nitrogens with two attached hydrogens (primary N) is 1. The highest BCUT2D eigenvalue weighted by Gasteiger charge is 2.16. The molecule has 0 amide bonds. The van der Waals surface area contributed by atoms with Gasteiger partial charge in [0.1, 0.15) is 5.82 Å². The van der Waals surface area contributed by atoms with Crippen molar-refractivity contribution in [1.82, 2.24) is 5.43 Å². The number of rotatable bonds is 4. The van der Waals surface area contributed by atoms with Crippen LogP contribution < -0.4 is 11.3 Å². The molecular formula is C15H15BrClFN2. The maximum atomic E-state index is 13.3. The van der Waals surface area contributed by atoms with Crippen LogP contribution in [0.3, 0.4) is 0 Å². The van der Waals surface area contributed by atoms with Crippen molar-refractivity contribution in [2.45, 2.75) is 19.4 Å². The third-order valence-electron chi connectivity index (χ3n) is 3.32. The summed E-state index contributed by atoms with van der Waals surface area (Å²) in [6.07, 6.45) is 0.518. The average molecular weight is 358 g/mol. The Kier molecular flexibility index (Phi) is 5.16. The molecule has 0 radical (unpaired) electrons. The lowest BCUT2D eigenvalue weighted by Gasteiger charge is -2.20. The minimum Gasteiger partial charge on any atom is -0.271 e. The molecule has 2 aromatic carbocycles. The second kappa shape index (κ2) is 6.68. The zero-order chi connectivity index (χ0) is 14.7. The molecular weight excluding hydrogens is 343 g/mol. The highest BCUT2D eigenvalue weighted by molar-refractivity contribution is 9.10. The van der Waals surface area contributed by atoms with Gasteiger partial charge in [-0.05, 0) is 54.3 Å². The van der Waals surface area contributed by atoms with Crippen LogP contribution in [0.5, 0.6) is 0 Å². The standard InChI is InChI=1S/C15H15BrClFN2/c1-9-12(3-2-4-13(9)16)15(20-19)8-10-7-11(18)5-6-14(10)17/h2-7,15,20H,8,19H2,1H3. The van der Waals surface area contributed by atoms with E-state index >= 15 is 0 Å². The molecule has 0 saturated heterocycles. The van der Waals surface area contributed by atoms with Crippen molar-refractivity contribution in [1.29, 1.82) is 0 Å². The van der Waals surface area contributed by atoms with E-state index in [0.717, 1.165) is 21.2 Å². The first kappa shape index (κ1) is 15.4. The minimum atomic E-state index is -0.300. The van der Waals surface area contributed by atoms with E-state index in [2.05, 4.69) is 21.4 Å². The molecule has 1 atom stereocenters. The Bertz CT molecular complexity index is 619. The van der Waals surface area contributed by atoms with Gasteiger partial charge in [-0.2, -0.15) is 0 Å². The number of hydrazine groups is 1. The fraction of sp³-hybridized carbons (Fsp3) is 0.200. The normalized spacial score (nSPS) is 12.4. The molecule has 20 heavy (non-hydrogen) atoms. The van der Waals surface area contributed by atoms with E-state index in [9.17, 15) is 4.39 Å². The lowest BCUT2D eigenvalue weighted by molar-refractivity contribution is 0.546. The molecule has 0 aliphatic carbocycles. The van der Waals surface area contributed by atoms with Crippen LogP contribution in [-0.4, -0.2) is 0 Å².